The van der Waals surface area contributed by atoms with Gasteiger partial charge in [0.15, 0.2) is 11.5 Å². The first-order chi connectivity index (χ1) is 12.2. The molecule has 0 saturated heterocycles. The Labute approximate surface area is 145 Å². The fraction of sp³-hybridized carbons (Fsp3) is 0.333. The van der Waals surface area contributed by atoms with Crippen molar-refractivity contribution < 1.29 is 14.2 Å². The van der Waals surface area contributed by atoms with Crippen LogP contribution in [0.1, 0.15) is 18.5 Å². The number of aromatic nitrogens is 4. The van der Waals surface area contributed by atoms with Crippen LogP contribution in [0.3, 0.4) is 0 Å². The molecule has 1 atom stereocenters. The van der Waals surface area contributed by atoms with Crippen LogP contribution in [0.15, 0.2) is 36.9 Å². The Morgan fingerprint density at radius 1 is 1.20 bits per heavy atom. The quantitative estimate of drug-likeness (QED) is 0.731. The molecule has 0 bridgehead atoms. The Hall–Kier alpha value is -2.96. The maximum Gasteiger partial charge on any atom is 0.165 e. The van der Waals surface area contributed by atoms with E-state index in [1.807, 2.05) is 37.8 Å². The average molecular weight is 340 g/mol. The number of nitrogens with zero attached hydrogens (tertiary/aromatic N) is 4. The van der Waals surface area contributed by atoms with E-state index in [-0.39, 0.29) is 6.04 Å². The number of hydrogen-bond donors (Lipinski definition) is 0. The molecule has 2 aromatic heterocycles. The van der Waals surface area contributed by atoms with Gasteiger partial charge in [0.1, 0.15) is 24.8 Å². The standard InChI is InChI=1S/C18H20N4O3/c1-12(13-10-20-21(2)11-13)22-5-4-19-18(22)14-8-16-17(9-15(14)23-3)25-7-6-24-16/h4-5,8-12H,6-7H2,1-3H3/t12-/m1/s1. The molecule has 25 heavy (non-hydrogen) atoms. The summed E-state index contributed by atoms with van der Waals surface area (Å²) in [5, 5.41) is 4.26. The first kappa shape index (κ1) is 15.6. The van der Waals surface area contributed by atoms with Crippen LogP contribution in [0.5, 0.6) is 17.2 Å². The van der Waals surface area contributed by atoms with Crippen molar-refractivity contribution in [3.63, 3.8) is 0 Å². The van der Waals surface area contributed by atoms with Gasteiger partial charge in [-0.3, -0.25) is 4.68 Å². The van der Waals surface area contributed by atoms with Crippen molar-refractivity contribution in [2.75, 3.05) is 20.3 Å². The number of ether oxygens (including phenoxy) is 3. The number of imidazole rings is 1. The van der Waals surface area contributed by atoms with Gasteiger partial charge in [-0.2, -0.15) is 5.10 Å². The van der Waals surface area contributed by atoms with E-state index in [1.54, 1.807) is 18.0 Å². The highest BCUT2D eigenvalue weighted by atomic mass is 16.6. The second-order valence-electron chi connectivity index (χ2n) is 5.98. The molecule has 0 fully saturated rings. The number of benzene rings is 1. The molecule has 1 aliphatic rings. The van der Waals surface area contributed by atoms with Crippen molar-refractivity contribution in [2.24, 2.45) is 7.05 Å². The van der Waals surface area contributed by atoms with Gasteiger partial charge in [-0.15, -0.1) is 0 Å². The van der Waals surface area contributed by atoms with E-state index in [0.717, 1.165) is 17.0 Å². The summed E-state index contributed by atoms with van der Waals surface area (Å²) in [5.74, 6) is 2.93. The molecule has 1 aromatic carbocycles. The Balaban J connectivity index is 1.79. The van der Waals surface area contributed by atoms with Crippen LogP contribution in [0.25, 0.3) is 11.4 Å². The van der Waals surface area contributed by atoms with Crippen LogP contribution < -0.4 is 14.2 Å². The third kappa shape index (κ3) is 2.71. The van der Waals surface area contributed by atoms with Gasteiger partial charge in [-0.05, 0) is 13.0 Å². The van der Waals surface area contributed by atoms with E-state index in [1.165, 1.54) is 0 Å². The van der Waals surface area contributed by atoms with Gasteiger partial charge in [0.2, 0.25) is 0 Å². The third-order valence-corrected chi connectivity index (χ3v) is 4.40. The van der Waals surface area contributed by atoms with Gasteiger partial charge in [-0.25, -0.2) is 4.98 Å². The second-order valence-corrected chi connectivity index (χ2v) is 5.98. The topological polar surface area (TPSA) is 63.3 Å². The minimum Gasteiger partial charge on any atom is -0.496 e. The summed E-state index contributed by atoms with van der Waals surface area (Å²) in [4.78, 5) is 4.56. The van der Waals surface area contributed by atoms with Crippen LogP contribution in [0.4, 0.5) is 0 Å². The van der Waals surface area contributed by atoms with Crippen molar-refractivity contribution in [2.45, 2.75) is 13.0 Å². The predicted octanol–water partition coefficient (Wildman–Crippen LogP) is 2.67. The Morgan fingerprint density at radius 2 is 1.96 bits per heavy atom. The van der Waals surface area contributed by atoms with E-state index in [2.05, 4.69) is 21.6 Å². The molecular formula is C18H20N4O3. The molecule has 7 nitrogen and oxygen atoms in total. The molecule has 0 spiro atoms. The molecule has 4 rings (SSSR count). The zero-order valence-corrected chi connectivity index (χ0v) is 14.5. The van der Waals surface area contributed by atoms with Gasteiger partial charge in [0, 0.05) is 37.3 Å². The molecule has 3 heterocycles. The smallest absolute Gasteiger partial charge is 0.165 e. The molecule has 3 aromatic rings. The Morgan fingerprint density at radius 3 is 2.64 bits per heavy atom. The third-order valence-electron chi connectivity index (χ3n) is 4.40. The maximum atomic E-state index is 5.72. The number of rotatable bonds is 4. The molecule has 0 N–H and O–H groups in total. The molecule has 0 radical (unpaired) electrons. The SMILES string of the molecule is COc1cc2c(cc1-c1nccn1[C@H](C)c1cnn(C)c1)OCCO2. The van der Waals surface area contributed by atoms with Crippen molar-refractivity contribution in [1.29, 1.82) is 0 Å². The zero-order valence-electron chi connectivity index (χ0n) is 14.5. The zero-order chi connectivity index (χ0) is 17.4. The minimum atomic E-state index is 0.0871. The summed E-state index contributed by atoms with van der Waals surface area (Å²) >= 11 is 0. The highest BCUT2D eigenvalue weighted by molar-refractivity contribution is 5.70. The summed E-state index contributed by atoms with van der Waals surface area (Å²) in [6, 6.07) is 3.88. The fourth-order valence-corrected chi connectivity index (χ4v) is 3.06. The molecule has 0 aliphatic carbocycles. The largest absolute Gasteiger partial charge is 0.496 e. The van der Waals surface area contributed by atoms with Crippen LogP contribution in [0.2, 0.25) is 0 Å². The van der Waals surface area contributed by atoms with Crippen molar-refractivity contribution in [1.82, 2.24) is 19.3 Å². The highest BCUT2D eigenvalue weighted by Gasteiger charge is 2.22. The summed E-state index contributed by atoms with van der Waals surface area (Å²) in [7, 11) is 3.56. The van der Waals surface area contributed by atoms with Gasteiger partial charge in [0.25, 0.3) is 0 Å². The molecule has 7 heteroatoms. The minimum absolute atomic E-state index is 0.0871. The van der Waals surface area contributed by atoms with Gasteiger partial charge < -0.3 is 18.8 Å². The molecule has 0 amide bonds. The summed E-state index contributed by atoms with van der Waals surface area (Å²) in [6.45, 7) is 3.20. The molecule has 1 aliphatic heterocycles. The molecule has 130 valence electrons. The lowest BCUT2D eigenvalue weighted by Gasteiger charge is -2.22. The van der Waals surface area contributed by atoms with Gasteiger partial charge >= 0.3 is 0 Å². The van der Waals surface area contributed by atoms with Crippen molar-refractivity contribution in [3.8, 4) is 28.6 Å². The van der Waals surface area contributed by atoms with Crippen molar-refractivity contribution >= 4 is 0 Å². The van der Waals surface area contributed by atoms with E-state index >= 15 is 0 Å². The Bertz CT molecular complexity index is 900. The highest BCUT2D eigenvalue weighted by Crippen LogP contribution is 2.41. The fourth-order valence-electron chi connectivity index (χ4n) is 3.06. The van der Waals surface area contributed by atoms with Crippen molar-refractivity contribution in [3.05, 3.63) is 42.5 Å². The molecule has 0 saturated carbocycles. The lowest BCUT2D eigenvalue weighted by atomic mass is 10.1. The van der Waals surface area contributed by atoms with E-state index < -0.39 is 0 Å². The summed E-state index contributed by atoms with van der Waals surface area (Å²) in [6.07, 6.45) is 7.63. The van der Waals surface area contributed by atoms with Gasteiger partial charge in [0.05, 0.1) is 24.9 Å². The second kappa shape index (κ2) is 6.16. The number of methoxy groups -OCH3 is 1. The number of fused-ring (bicyclic) bond motifs is 1. The number of aryl methyl sites for hydroxylation is 1. The first-order valence-corrected chi connectivity index (χ1v) is 8.16. The van der Waals surface area contributed by atoms with E-state index in [9.17, 15) is 0 Å². The summed E-state index contributed by atoms with van der Waals surface area (Å²) < 4.78 is 20.8. The lowest BCUT2D eigenvalue weighted by molar-refractivity contribution is 0.171. The summed E-state index contributed by atoms with van der Waals surface area (Å²) in [5.41, 5.74) is 1.98. The maximum absolute atomic E-state index is 5.72. The molecule has 0 unspecified atom stereocenters. The van der Waals surface area contributed by atoms with E-state index in [4.69, 9.17) is 14.2 Å². The van der Waals surface area contributed by atoms with E-state index in [0.29, 0.717) is 30.5 Å². The lowest BCUT2D eigenvalue weighted by Crippen LogP contribution is -2.15. The first-order valence-electron chi connectivity index (χ1n) is 8.16. The average Bonchev–Trinajstić information content (AvgIpc) is 3.29. The number of hydrogen-bond acceptors (Lipinski definition) is 5. The molecular weight excluding hydrogens is 320 g/mol. The van der Waals surface area contributed by atoms with Crippen LogP contribution in [-0.4, -0.2) is 39.7 Å². The van der Waals surface area contributed by atoms with Crippen LogP contribution in [0, 0.1) is 0 Å². The monoisotopic (exact) mass is 340 g/mol. The van der Waals surface area contributed by atoms with Crippen LogP contribution >= 0.6 is 0 Å². The van der Waals surface area contributed by atoms with Gasteiger partial charge in [-0.1, -0.05) is 0 Å². The van der Waals surface area contributed by atoms with Crippen LogP contribution in [-0.2, 0) is 7.05 Å². The Kier molecular flexibility index (Phi) is 3.83. The predicted molar refractivity (Wildman–Crippen MR) is 92.2 cm³/mol. The normalized spacial score (nSPS) is 14.4.